The van der Waals surface area contributed by atoms with Crippen LogP contribution in [0.15, 0.2) is 23.1 Å². The van der Waals surface area contributed by atoms with E-state index in [1.807, 2.05) is 32.0 Å². The average molecular weight is 223 g/mol. The molecule has 4 atom stereocenters. The van der Waals surface area contributed by atoms with Gasteiger partial charge in [0.25, 0.3) is 0 Å². The molecule has 3 heteroatoms. The Kier molecular flexibility index (Phi) is 2.69. The Bertz CT molecular complexity index is 416. The van der Waals surface area contributed by atoms with Gasteiger partial charge in [-0.3, -0.25) is 4.21 Å². The predicted octanol–water partition coefficient (Wildman–Crippen LogP) is 2.14. The highest BCUT2D eigenvalue weighted by Crippen LogP contribution is 2.37. The minimum atomic E-state index is -0.902. The number of fused-ring (bicyclic) bond motifs is 1. The number of nitrogens with two attached hydrogens (primary N) is 1. The summed E-state index contributed by atoms with van der Waals surface area (Å²) in [5.41, 5.74) is 8.34. The fourth-order valence-electron chi connectivity index (χ4n) is 2.17. The van der Waals surface area contributed by atoms with E-state index in [1.54, 1.807) is 0 Å². The van der Waals surface area contributed by atoms with Gasteiger partial charge in [0.2, 0.25) is 0 Å². The quantitative estimate of drug-likeness (QED) is 0.732. The molecule has 1 aromatic rings. The Morgan fingerprint density at radius 3 is 2.67 bits per heavy atom. The van der Waals surface area contributed by atoms with Crippen molar-refractivity contribution in [2.75, 3.05) is 0 Å². The lowest BCUT2D eigenvalue weighted by atomic mass is 9.91. The van der Waals surface area contributed by atoms with Crippen molar-refractivity contribution in [3.05, 3.63) is 29.3 Å². The summed E-state index contributed by atoms with van der Waals surface area (Å²) in [6.45, 7) is 6.11. The van der Waals surface area contributed by atoms with Gasteiger partial charge in [-0.15, -0.1) is 0 Å². The van der Waals surface area contributed by atoms with Crippen LogP contribution in [-0.2, 0) is 10.8 Å². The fourth-order valence-corrected chi connectivity index (χ4v) is 3.92. The van der Waals surface area contributed by atoms with Crippen LogP contribution in [0.5, 0.6) is 0 Å². The van der Waals surface area contributed by atoms with E-state index in [4.69, 9.17) is 5.73 Å². The molecule has 1 aliphatic rings. The lowest BCUT2D eigenvalue weighted by Gasteiger charge is -2.33. The molecule has 2 rings (SSSR count). The molecule has 0 aromatic heterocycles. The molecule has 1 heterocycles. The summed E-state index contributed by atoms with van der Waals surface area (Å²) in [6.07, 6.45) is 0. The zero-order chi connectivity index (χ0) is 11.2. The molecule has 0 radical (unpaired) electrons. The number of hydrogen-bond donors (Lipinski definition) is 1. The zero-order valence-electron chi connectivity index (χ0n) is 9.36. The van der Waals surface area contributed by atoms with Crippen LogP contribution in [0.1, 0.15) is 31.0 Å². The van der Waals surface area contributed by atoms with Crippen LogP contribution in [0, 0.1) is 12.8 Å². The molecule has 82 valence electrons. The van der Waals surface area contributed by atoms with Gasteiger partial charge < -0.3 is 5.73 Å². The number of aryl methyl sites for hydroxylation is 1. The number of rotatable bonds is 0. The molecule has 1 aliphatic heterocycles. The van der Waals surface area contributed by atoms with Gasteiger partial charge in [0.15, 0.2) is 0 Å². The Morgan fingerprint density at radius 1 is 1.33 bits per heavy atom. The Balaban J connectivity index is 2.64. The predicted molar refractivity (Wildman–Crippen MR) is 63.1 cm³/mol. The SMILES string of the molecule is Cc1cccc2c1S(=O)C(C)C(C)C2N. The standard InChI is InChI=1S/C12H17NOS/c1-7-5-4-6-10-11(13)8(2)9(3)15(14)12(7)10/h4-6,8-9,11H,13H2,1-3H3. The van der Waals surface area contributed by atoms with Gasteiger partial charge in [0.05, 0.1) is 10.8 Å². The van der Waals surface area contributed by atoms with Gasteiger partial charge in [-0.2, -0.15) is 0 Å². The van der Waals surface area contributed by atoms with Crippen LogP contribution in [-0.4, -0.2) is 9.46 Å². The summed E-state index contributed by atoms with van der Waals surface area (Å²) in [5, 5.41) is 0.147. The van der Waals surface area contributed by atoms with Crippen molar-refractivity contribution in [3.8, 4) is 0 Å². The maximum atomic E-state index is 12.2. The summed E-state index contributed by atoms with van der Waals surface area (Å²) < 4.78 is 12.2. The molecule has 1 aromatic carbocycles. The van der Waals surface area contributed by atoms with Crippen LogP contribution in [0.2, 0.25) is 0 Å². The van der Waals surface area contributed by atoms with Crippen molar-refractivity contribution in [3.63, 3.8) is 0 Å². The lowest BCUT2D eigenvalue weighted by molar-refractivity contribution is 0.441. The highest BCUT2D eigenvalue weighted by atomic mass is 32.2. The van der Waals surface area contributed by atoms with Gasteiger partial charge in [0.1, 0.15) is 0 Å². The summed E-state index contributed by atoms with van der Waals surface area (Å²) in [6, 6.07) is 6.03. The molecule has 0 saturated heterocycles. The smallest absolute Gasteiger partial charge is 0.0567 e. The van der Waals surface area contributed by atoms with Crippen molar-refractivity contribution in [2.24, 2.45) is 11.7 Å². The molecule has 0 fully saturated rings. The highest BCUT2D eigenvalue weighted by molar-refractivity contribution is 7.85. The molecular formula is C12H17NOS. The maximum absolute atomic E-state index is 12.2. The second-order valence-electron chi connectivity index (χ2n) is 4.38. The highest BCUT2D eigenvalue weighted by Gasteiger charge is 2.34. The van der Waals surface area contributed by atoms with Crippen molar-refractivity contribution < 1.29 is 4.21 Å². The van der Waals surface area contributed by atoms with E-state index in [9.17, 15) is 4.21 Å². The Labute approximate surface area is 93.3 Å². The summed E-state index contributed by atoms with van der Waals surface area (Å²) in [7, 11) is -0.902. The first-order valence-corrected chi connectivity index (χ1v) is 6.51. The number of hydrogen-bond acceptors (Lipinski definition) is 2. The molecule has 0 bridgehead atoms. The van der Waals surface area contributed by atoms with E-state index in [0.717, 1.165) is 16.0 Å². The van der Waals surface area contributed by atoms with Gasteiger partial charge >= 0.3 is 0 Å². The van der Waals surface area contributed by atoms with Crippen molar-refractivity contribution >= 4 is 10.8 Å². The first-order chi connectivity index (χ1) is 7.04. The summed E-state index contributed by atoms with van der Waals surface area (Å²) in [5.74, 6) is 0.278. The lowest BCUT2D eigenvalue weighted by Crippen LogP contribution is -2.36. The third-order valence-electron chi connectivity index (χ3n) is 3.45. The third kappa shape index (κ3) is 1.54. The zero-order valence-corrected chi connectivity index (χ0v) is 10.2. The molecule has 15 heavy (non-hydrogen) atoms. The van der Waals surface area contributed by atoms with Crippen LogP contribution in [0.3, 0.4) is 0 Å². The van der Waals surface area contributed by atoms with E-state index in [0.29, 0.717) is 0 Å². The molecule has 0 spiro atoms. The topological polar surface area (TPSA) is 43.1 Å². The largest absolute Gasteiger partial charge is 0.324 e. The first-order valence-electron chi connectivity index (χ1n) is 5.29. The third-order valence-corrected chi connectivity index (χ3v) is 5.51. The molecule has 0 amide bonds. The number of benzene rings is 1. The maximum Gasteiger partial charge on any atom is 0.0567 e. The molecule has 4 unspecified atom stereocenters. The van der Waals surface area contributed by atoms with Crippen LogP contribution >= 0.6 is 0 Å². The van der Waals surface area contributed by atoms with Crippen molar-refractivity contribution in [1.29, 1.82) is 0 Å². The second-order valence-corrected chi connectivity index (χ2v) is 6.13. The van der Waals surface area contributed by atoms with Crippen molar-refractivity contribution in [2.45, 2.75) is 37.0 Å². The molecule has 2 N–H and O–H groups in total. The van der Waals surface area contributed by atoms with Gasteiger partial charge in [-0.1, -0.05) is 32.0 Å². The van der Waals surface area contributed by atoms with Crippen molar-refractivity contribution in [1.82, 2.24) is 0 Å². The van der Waals surface area contributed by atoms with E-state index < -0.39 is 10.8 Å². The summed E-state index contributed by atoms with van der Waals surface area (Å²) in [4.78, 5) is 0.968. The minimum absolute atomic E-state index is 0.0209. The fraction of sp³-hybridized carbons (Fsp3) is 0.500. The van der Waals surface area contributed by atoms with E-state index >= 15 is 0 Å². The van der Waals surface area contributed by atoms with E-state index in [1.165, 1.54) is 0 Å². The molecule has 2 nitrogen and oxygen atoms in total. The van der Waals surface area contributed by atoms with E-state index in [2.05, 4.69) is 6.92 Å². The first kappa shape index (κ1) is 10.8. The molecule has 0 aliphatic carbocycles. The van der Waals surface area contributed by atoms with Gasteiger partial charge in [0, 0.05) is 16.2 Å². The Morgan fingerprint density at radius 2 is 2.00 bits per heavy atom. The molecule has 0 saturated carbocycles. The van der Waals surface area contributed by atoms with Crippen LogP contribution in [0.4, 0.5) is 0 Å². The molecular weight excluding hydrogens is 206 g/mol. The monoisotopic (exact) mass is 223 g/mol. The van der Waals surface area contributed by atoms with Gasteiger partial charge in [-0.05, 0) is 24.0 Å². The van der Waals surface area contributed by atoms with Crippen LogP contribution in [0.25, 0.3) is 0 Å². The minimum Gasteiger partial charge on any atom is -0.324 e. The Hall–Kier alpha value is -0.670. The van der Waals surface area contributed by atoms with Gasteiger partial charge in [-0.25, -0.2) is 0 Å². The normalized spacial score (nSPS) is 34.9. The average Bonchev–Trinajstić information content (AvgIpc) is 2.23. The summed E-state index contributed by atoms with van der Waals surface area (Å²) >= 11 is 0. The van der Waals surface area contributed by atoms with Crippen LogP contribution < -0.4 is 5.73 Å². The second kappa shape index (κ2) is 3.72. The van der Waals surface area contributed by atoms with E-state index in [-0.39, 0.29) is 17.2 Å².